The molecule has 1 atom stereocenters. The molecule has 5 heteroatoms. The van der Waals surface area contributed by atoms with Gasteiger partial charge in [0.1, 0.15) is 6.23 Å². The minimum absolute atomic E-state index is 0.109. The topological polar surface area (TPSA) is 66.4 Å². The fourth-order valence-electron chi connectivity index (χ4n) is 1.25. The van der Waals surface area contributed by atoms with E-state index >= 15 is 0 Å². The van der Waals surface area contributed by atoms with E-state index < -0.39 is 16.1 Å². The van der Waals surface area contributed by atoms with Gasteiger partial charge in [-0.25, -0.2) is 8.42 Å². The van der Waals surface area contributed by atoms with Crippen LogP contribution in [0.15, 0.2) is 29.2 Å². The van der Waals surface area contributed by atoms with Crippen LogP contribution in [0.3, 0.4) is 0 Å². The lowest BCUT2D eigenvalue weighted by molar-refractivity contribution is 0.155. The van der Waals surface area contributed by atoms with Crippen molar-refractivity contribution in [3.8, 4) is 0 Å². The molecule has 0 amide bonds. The van der Waals surface area contributed by atoms with Crippen LogP contribution in [0.4, 0.5) is 0 Å². The summed E-state index contributed by atoms with van der Waals surface area (Å²) in [7, 11) is -3.12. The summed E-state index contributed by atoms with van der Waals surface area (Å²) in [6.45, 7) is 3.78. The van der Waals surface area contributed by atoms with Gasteiger partial charge in [-0.3, -0.25) is 5.32 Å². The minimum atomic E-state index is -3.12. The molecular formula is C11H17NO3S. The third kappa shape index (κ3) is 3.59. The number of sulfone groups is 1. The standard InChI is InChI=1S/C11H17NO3S/c1-3-16(14,15)11-6-4-10(5-7-11)8-12-9(2)13/h4-7,9,12-13H,3,8H2,1-2H3. The van der Waals surface area contributed by atoms with Crippen LogP contribution in [0.25, 0.3) is 0 Å². The zero-order chi connectivity index (χ0) is 12.2. The molecule has 0 saturated carbocycles. The average Bonchev–Trinajstić information content (AvgIpc) is 2.27. The predicted octanol–water partition coefficient (Wildman–Crippen LogP) is 0.908. The summed E-state index contributed by atoms with van der Waals surface area (Å²) < 4.78 is 23.0. The lowest BCUT2D eigenvalue weighted by Crippen LogP contribution is -2.24. The summed E-state index contributed by atoms with van der Waals surface area (Å²) in [5.41, 5.74) is 0.941. The number of hydrogen-bond acceptors (Lipinski definition) is 4. The van der Waals surface area contributed by atoms with E-state index in [1.54, 1.807) is 38.1 Å². The Hall–Kier alpha value is -0.910. The van der Waals surface area contributed by atoms with Gasteiger partial charge >= 0.3 is 0 Å². The van der Waals surface area contributed by atoms with Gasteiger partial charge in [0.2, 0.25) is 0 Å². The van der Waals surface area contributed by atoms with Gasteiger partial charge in [-0.05, 0) is 24.6 Å². The first kappa shape index (κ1) is 13.2. The van der Waals surface area contributed by atoms with Gasteiger partial charge in [-0.2, -0.15) is 0 Å². The number of aliphatic hydroxyl groups is 1. The van der Waals surface area contributed by atoms with Gasteiger partial charge in [-0.1, -0.05) is 19.1 Å². The number of hydrogen-bond donors (Lipinski definition) is 2. The van der Waals surface area contributed by atoms with Crippen LogP contribution in [-0.4, -0.2) is 25.5 Å². The second kappa shape index (κ2) is 5.43. The molecule has 0 heterocycles. The molecule has 0 aliphatic rings. The summed E-state index contributed by atoms with van der Waals surface area (Å²) in [6.07, 6.45) is -0.570. The molecule has 0 aliphatic carbocycles. The second-order valence-electron chi connectivity index (χ2n) is 3.60. The third-order valence-electron chi connectivity index (χ3n) is 2.26. The lowest BCUT2D eigenvalue weighted by atomic mass is 10.2. The smallest absolute Gasteiger partial charge is 0.178 e. The van der Waals surface area contributed by atoms with Crippen molar-refractivity contribution in [2.24, 2.45) is 0 Å². The van der Waals surface area contributed by atoms with Crippen molar-refractivity contribution < 1.29 is 13.5 Å². The van der Waals surface area contributed by atoms with Crippen LogP contribution in [0.5, 0.6) is 0 Å². The molecule has 1 rings (SSSR count). The third-order valence-corrected chi connectivity index (χ3v) is 4.01. The summed E-state index contributed by atoms with van der Waals surface area (Å²) in [4.78, 5) is 0.343. The Labute approximate surface area is 96.2 Å². The molecular weight excluding hydrogens is 226 g/mol. The minimum Gasteiger partial charge on any atom is -0.379 e. The quantitative estimate of drug-likeness (QED) is 0.754. The lowest BCUT2D eigenvalue weighted by Gasteiger charge is -2.08. The Balaban J connectivity index is 2.76. The van der Waals surface area contributed by atoms with Crippen molar-refractivity contribution in [1.29, 1.82) is 0 Å². The van der Waals surface area contributed by atoms with Crippen molar-refractivity contribution in [3.05, 3.63) is 29.8 Å². The SMILES string of the molecule is CCS(=O)(=O)c1ccc(CNC(C)O)cc1. The zero-order valence-electron chi connectivity index (χ0n) is 9.47. The number of nitrogens with one attached hydrogen (secondary N) is 1. The van der Waals surface area contributed by atoms with E-state index in [1.807, 2.05) is 0 Å². The van der Waals surface area contributed by atoms with Crippen molar-refractivity contribution in [3.63, 3.8) is 0 Å². The largest absolute Gasteiger partial charge is 0.379 e. The van der Waals surface area contributed by atoms with Gasteiger partial charge in [0.05, 0.1) is 10.6 Å². The van der Waals surface area contributed by atoms with Gasteiger partial charge < -0.3 is 5.11 Å². The molecule has 90 valence electrons. The maximum absolute atomic E-state index is 11.5. The molecule has 1 aromatic rings. The number of benzene rings is 1. The second-order valence-corrected chi connectivity index (χ2v) is 5.88. The van der Waals surface area contributed by atoms with E-state index in [0.717, 1.165) is 5.56 Å². The van der Waals surface area contributed by atoms with Gasteiger partial charge in [0.15, 0.2) is 9.84 Å². The highest BCUT2D eigenvalue weighted by atomic mass is 32.2. The van der Waals surface area contributed by atoms with Gasteiger partial charge in [0, 0.05) is 6.54 Å². The van der Waals surface area contributed by atoms with E-state index in [2.05, 4.69) is 5.32 Å². The fraction of sp³-hybridized carbons (Fsp3) is 0.455. The van der Waals surface area contributed by atoms with Crippen molar-refractivity contribution in [1.82, 2.24) is 5.32 Å². The Morgan fingerprint density at radius 1 is 1.31 bits per heavy atom. The Kier molecular flexibility index (Phi) is 4.46. The highest BCUT2D eigenvalue weighted by Crippen LogP contribution is 2.12. The summed E-state index contributed by atoms with van der Waals surface area (Å²) in [5, 5.41) is 11.9. The fourth-order valence-corrected chi connectivity index (χ4v) is 2.13. The maximum atomic E-state index is 11.5. The molecule has 0 aliphatic heterocycles. The molecule has 0 bridgehead atoms. The van der Waals surface area contributed by atoms with Crippen LogP contribution < -0.4 is 5.32 Å². The molecule has 0 saturated heterocycles. The highest BCUT2D eigenvalue weighted by molar-refractivity contribution is 7.91. The molecule has 1 unspecified atom stereocenters. The molecule has 0 fully saturated rings. The Morgan fingerprint density at radius 2 is 1.88 bits per heavy atom. The van der Waals surface area contributed by atoms with Gasteiger partial charge in [-0.15, -0.1) is 0 Å². The van der Waals surface area contributed by atoms with Crippen molar-refractivity contribution in [2.75, 3.05) is 5.75 Å². The molecule has 2 N–H and O–H groups in total. The molecule has 4 nitrogen and oxygen atoms in total. The molecule has 16 heavy (non-hydrogen) atoms. The zero-order valence-corrected chi connectivity index (χ0v) is 10.3. The van der Waals surface area contributed by atoms with Crippen molar-refractivity contribution >= 4 is 9.84 Å². The van der Waals surface area contributed by atoms with E-state index in [0.29, 0.717) is 11.4 Å². The monoisotopic (exact) mass is 243 g/mol. The molecule has 0 aromatic heterocycles. The average molecular weight is 243 g/mol. The molecule has 1 aromatic carbocycles. The number of aliphatic hydroxyl groups excluding tert-OH is 1. The van der Waals surface area contributed by atoms with Crippen LogP contribution in [0, 0.1) is 0 Å². The normalized spacial score (nSPS) is 13.7. The van der Waals surface area contributed by atoms with Gasteiger partial charge in [0.25, 0.3) is 0 Å². The first-order valence-electron chi connectivity index (χ1n) is 5.19. The maximum Gasteiger partial charge on any atom is 0.178 e. The predicted molar refractivity (Wildman–Crippen MR) is 62.7 cm³/mol. The van der Waals surface area contributed by atoms with Crippen molar-refractivity contribution in [2.45, 2.75) is 31.5 Å². The number of rotatable bonds is 5. The van der Waals surface area contributed by atoms with Crippen LogP contribution in [0.1, 0.15) is 19.4 Å². The highest BCUT2D eigenvalue weighted by Gasteiger charge is 2.10. The van der Waals surface area contributed by atoms with E-state index in [4.69, 9.17) is 5.11 Å². The Morgan fingerprint density at radius 3 is 2.31 bits per heavy atom. The van der Waals surface area contributed by atoms with E-state index in [-0.39, 0.29) is 5.75 Å². The van der Waals surface area contributed by atoms with E-state index in [1.165, 1.54) is 0 Å². The first-order chi connectivity index (χ1) is 7.45. The van der Waals surface area contributed by atoms with Crippen LogP contribution in [0.2, 0.25) is 0 Å². The first-order valence-corrected chi connectivity index (χ1v) is 6.84. The summed E-state index contributed by atoms with van der Waals surface area (Å²) in [6, 6.07) is 6.69. The molecule has 0 radical (unpaired) electrons. The summed E-state index contributed by atoms with van der Waals surface area (Å²) in [5.74, 6) is 0.109. The summed E-state index contributed by atoms with van der Waals surface area (Å²) >= 11 is 0. The van der Waals surface area contributed by atoms with E-state index in [9.17, 15) is 8.42 Å². The van der Waals surface area contributed by atoms with Crippen LogP contribution >= 0.6 is 0 Å². The van der Waals surface area contributed by atoms with Crippen LogP contribution in [-0.2, 0) is 16.4 Å². The molecule has 0 spiro atoms. The Bertz CT molecular complexity index is 423.